The first kappa shape index (κ1) is 19.5. The van der Waals surface area contributed by atoms with Crippen molar-refractivity contribution in [2.24, 2.45) is 0 Å². The quantitative estimate of drug-likeness (QED) is 0.856. The van der Waals surface area contributed by atoms with Crippen LogP contribution >= 0.6 is 0 Å². The second kappa shape index (κ2) is 7.61. The van der Waals surface area contributed by atoms with Gasteiger partial charge in [0.15, 0.2) is 0 Å². The maximum absolute atomic E-state index is 12.7. The van der Waals surface area contributed by atoms with E-state index in [1.807, 2.05) is 6.92 Å². The Kier molecular flexibility index (Phi) is 5.94. The standard InChI is InChI=1S/C9H13N5.C6H12FNO2S/c1-5(2)8-12-6(3)7-4-11-9(10)13-14(7)8;1-11(9,10)8-4-2-3-6(7)5-8/h4-5H,1-3H3,(H2,10,13);6H,2-5H2,1H3. The molecule has 3 rings (SSSR count). The lowest BCUT2D eigenvalue weighted by atomic mass is 10.1. The Hall–Kier alpha value is -1.81. The normalized spacial score (nSPS) is 19.0. The van der Waals surface area contributed by atoms with Crippen LogP contribution in [-0.4, -0.2) is 57.8 Å². The average molecular weight is 372 g/mol. The monoisotopic (exact) mass is 372 g/mol. The lowest BCUT2D eigenvalue weighted by Gasteiger charge is -2.26. The van der Waals surface area contributed by atoms with Crippen molar-refractivity contribution in [2.45, 2.75) is 45.7 Å². The van der Waals surface area contributed by atoms with Crippen LogP contribution in [0.3, 0.4) is 0 Å². The Morgan fingerprint density at radius 1 is 1.40 bits per heavy atom. The van der Waals surface area contributed by atoms with Crippen molar-refractivity contribution in [3.8, 4) is 0 Å². The van der Waals surface area contributed by atoms with Gasteiger partial charge >= 0.3 is 0 Å². The summed E-state index contributed by atoms with van der Waals surface area (Å²) < 4.78 is 37.4. The third-order valence-corrected chi connectivity index (χ3v) is 5.20. The molecule has 2 aromatic rings. The van der Waals surface area contributed by atoms with E-state index in [1.165, 1.54) is 4.31 Å². The van der Waals surface area contributed by atoms with Gasteiger partial charge in [-0.3, -0.25) is 0 Å². The van der Waals surface area contributed by atoms with Gasteiger partial charge in [0, 0.05) is 19.0 Å². The minimum atomic E-state index is -3.17. The van der Waals surface area contributed by atoms with Crippen molar-refractivity contribution in [3.05, 3.63) is 17.7 Å². The van der Waals surface area contributed by atoms with Crippen LogP contribution in [0.4, 0.5) is 10.3 Å². The van der Waals surface area contributed by atoms with E-state index < -0.39 is 16.2 Å². The molecule has 140 valence electrons. The molecule has 1 saturated heterocycles. The molecule has 2 N–H and O–H groups in total. The number of piperidine rings is 1. The minimum Gasteiger partial charge on any atom is -0.367 e. The maximum atomic E-state index is 12.7. The molecule has 0 amide bonds. The highest BCUT2D eigenvalue weighted by atomic mass is 32.2. The van der Waals surface area contributed by atoms with Gasteiger partial charge in [-0.25, -0.2) is 27.3 Å². The van der Waals surface area contributed by atoms with Crippen LogP contribution in [0.25, 0.3) is 5.52 Å². The molecule has 1 fully saturated rings. The number of alkyl halides is 1. The summed E-state index contributed by atoms with van der Waals surface area (Å²) in [6.07, 6.45) is 2.97. The predicted molar refractivity (Wildman–Crippen MR) is 94.6 cm³/mol. The summed E-state index contributed by atoms with van der Waals surface area (Å²) in [7, 11) is -3.17. The van der Waals surface area contributed by atoms with Crippen LogP contribution in [0.5, 0.6) is 0 Å². The first-order chi connectivity index (χ1) is 11.6. The van der Waals surface area contributed by atoms with Gasteiger partial charge < -0.3 is 5.73 Å². The third-order valence-electron chi connectivity index (χ3n) is 3.93. The van der Waals surface area contributed by atoms with Crippen LogP contribution in [0.15, 0.2) is 6.20 Å². The summed E-state index contributed by atoms with van der Waals surface area (Å²) in [6.45, 7) is 6.61. The lowest BCUT2D eigenvalue weighted by molar-refractivity contribution is 0.203. The SMILES string of the molecule is CS(=O)(=O)N1CCCC(F)C1.Cc1nc(C(C)C)n2nc(N)ncc12. The molecule has 0 aromatic carbocycles. The first-order valence-electron chi connectivity index (χ1n) is 8.16. The van der Waals surface area contributed by atoms with E-state index in [0.717, 1.165) is 23.3 Å². The third kappa shape index (κ3) is 4.85. The van der Waals surface area contributed by atoms with Crippen molar-refractivity contribution in [2.75, 3.05) is 25.1 Å². The van der Waals surface area contributed by atoms with Crippen LogP contribution in [0, 0.1) is 6.92 Å². The molecule has 0 bridgehead atoms. The van der Waals surface area contributed by atoms with E-state index >= 15 is 0 Å². The zero-order valence-electron chi connectivity index (χ0n) is 15.0. The van der Waals surface area contributed by atoms with E-state index in [-0.39, 0.29) is 12.5 Å². The number of aromatic nitrogens is 4. The van der Waals surface area contributed by atoms with Crippen LogP contribution in [-0.2, 0) is 10.0 Å². The molecular formula is C15H25FN6O2S. The second-order valence-corrected chi connectivity index (χ2v) is 8.47. The Labute approximate surface area is 147 Å². The van der Waals surface area contributed by atoms with Gasteiger partial charge in [0.2, 0.25) is 16.0 Å². The van der Waals surface area contributed by atoms with Crippen molar-refractivity contribution in [3.63, 3.8) is 0 Å². The van der Waals surface area contributed by atoms with Crippen LogP contribution in [0.1, 0.15) is 44.1 Å². The van der Waals surface area contributed by atoms with Gasteiger partial charge in [0.25, 0.3) is 0 Å². The van der Waals surface area contributed by atoms with Crippen LogP contribution < -0.4 is 5.73 Å². The number of nitrogens with zero attached hydrogens (tertiary/aromatic N) is 5. The summed E-state index contributed by atoms with van der Waals surface area (Å²) in [5, 5.41) is 4.14. The zero-order chi connectivity index (χ0) is 18.8. The van der Waals surface area contributed by atoms with Gasteiger partial charge in [-0.1, -0.05) is 13.8 Å². The molecule has 2 aromatic heterocycles. The smallest absolute Gasteiger partial charge is 0.238 e. The average Bonchev–Trinajstić information content (AvgIpc) is 2.84. The van der Waals surface area contributed by atoms with Crippen molar-refractivity contribution in [1.29, 1.82) is 0 Å². The molecule has 0 saturated carbocycles. The molecule has 25 heavy (non-hydrogen) atoms. The Bertz CT molecular complexity index is 836. The summed E-state index contributed by atoms with van der Waals surface area (Å²) >= 11 is 0. The molecule has 10 heteroatoms. The Morgan fingerprint density at radius 2 is 2.08 bits per heavy atom. The molecule has 0 radical (unpaired) electrons. The highest BCUT2D eigenvalue weighted by Crippen LogP contribution is 2.17. The number of halogens is 1. The van der Waals surface area contributed by atoms with Crippen molar-refractivity contribution < 1.29 is 12.8 Å². The molecule has 0 aliphatic carbocycles. The van der Waals surface area contributed by atoms with Crippen molar-refractivity contribution in [1.82, 2.24) is 23.9 Å². The second-order valence-electron chi connectivity index (χ2n) is 6.48. The molecule has 3 heterocycles. The number of hydrogen-bond donors (Lipinski definition) is 1. The van der Waals surface area contributed by atoms with E-state index in [0.29, 0.717) is 25.3 Å². The highest BCUT2D eigenvalue weighted by Gasteiger charge is 2.25. The Morgan fingerprint density at radius 3 is 2.60 bits per heavy atom. The number of rotatable bonds is 2. The van der Waals surface area contributed by atoms with E-state index in [2.05, 4.69) is 28.9 Å². The van der Waals surface area contributed by atoms with E-state index in [4.69, 9.17) is 5.73 Å². The fourth-order valence-electron chi connectivity index (χ4n) is 2.63. The predicted octanol–water partition coefficient (Wildman–Crippen LogP) is 1.52. The van der Waals surface area contributed by atoms with E-state index in [9.17, 15) is 12.8 Å². The van der Waals surface area contributed by atoms with Gasteiger partial charge in [-0.15, -0.1) is 5.10 Å². The number of nitrogens with two attached hydrogens (primary N) is 1. The van der Waals surface area contributed by atoms with Gasteiger partial charge in [-0.2, -0.15) is 4.31 Å². The fourth-order valence-corrected chi connectivity index (χ4v) is 3.52. The fraction of sp³-hybridized carbons (Fsp3) is 0.667. The molecule has 8 nitrogen and oxygen atoms in total. The van der Waals surface area contributed by atoms with Gasteiger partial charge in [0.05, 0.1) is 18.1 Å². The summed E-state index contributed by atoms with van der Waals surface area (Å²) in [5.74, 6) is 1.52. The summed E-state index contributed by atoms with van der Waals surface area (Å²) in [6, 6.07) is 0. The largest absolute Gasteiger partial charge is 0.367 e. The number of sulfonamides is 1. The van der Waals surface area contributed by atoms with Crippen LogP contribution in [0.2, 0.25) is 0 Å². The first-order valence-corrected chi connectivity index (χ1v) is 10.0. The lowest BCUT2D eigenvalue weighted by Crippen LogP contribution is -2.39. The number of imidazole rings is 1. The minimum absolute atomic E-state index is 0.0405. The number of fused-ring (bicyclic) bond motifs is 1. The topological polar surface area (TPSA) is 106 Å². The number of aryl methyl sites for hydroxylation is 1. The van der Waals surface area contributed by atoms with E-state index in [1.54, 1.807) is 10.7 Å². The molecule has 1 aliphatic heterocycles. The number of anilines is 1. The maximum Gasteiger partial charge on any atom is 0.238 e. The molecule has 1 unspecified atom stereocenters. The number of hydrogen-bond acceptors (Lipinski definition) is 6. The highest BCUT2D eigenvalue weighted by molar-refractivity contribution is 7.88. The van der Waals surface area contributed by atoms with Crippen molar-refractivity contribution >= 4 is 21.5 Å². The molecule has 1 aliphatic rings. The Balaban J connectivity index is 0.000000186. The molecular weight excluding hydrogens is 347 g/mol. The van der Waals surface area contributed by atoms with Gasteiger partial charge in [-0.05, 0) is 19.8 Å². The van der Waals surface area contributed by atoms with Gasteiger partial charge in [0.1, 0.15) is 17.5 Å². The summed E-state index contributed by atoms with van der Waals surface area (Å²) in [4.78, 5) is 8.38. The number of nitrogen functional groups attached to an aromatic ring is 1. The summed E-state index contributed by atoms with van der Waals surface area (Å²) in [5.41, 5.74) is 7.39. The zero-order valence-corrected chi connectivity index (χ0v) is 15.8. The molecule has 1 atom stereocenters. The molecule has 0 spiro atoms.